The van der Waals surface area contributed by atoms with Crippen LogP contribution >= 0.6 is 0 Å². The van der Waals surface area contributed by atoms with Gasteiger partial charge in [0.25, 0.3) is 5.91 Å². The number of nitrogens with zero attached hydrogens (tertiary/aromatic N) is 3. The van der Waals surface area contributed by atoms with E-state index in [0.717, 1.165) is 19.4 Å². The highest BCUT2D eigenvalue weighted by Crippen LogP contribution is 2.26. The lowest BCUT2D eigenvalue weighted by molar-refractivity contribution is 0.0703. The van der Waals surface area contributed by atoms with E-state index in [1.807, 2.05) is 23.1 Å². The molecule has 7 nitrogen and oxygen atoms in total. The molecule has 1 aromatic carbocycles. The van der Waals surface area contributed by atoms with Crippen molar-refractivity contribution < 1.29 is 18.8 Å². The van der Waals surface area contributed by atoms with Gasteiger partial charge < -0.3 is 18.9 Å². The van der Waals surface area contributed by atoms with E-state index in [1.165, 1.54) is 0 Å². The zero-order chi connectivity index (χ0) is 17.6. The standard InChI is InChI=1S/C18H23N3O4/c1-13-19-17(20-25-13)15-6-4-8-21(12-15)18(22)14-5-3-7-16(11-14)24-10-9-23-2/h3,5,7,11,15H,4,6,8-10,12H2,1-2H3/t15-/m1/s1. The van der Waals surface area contributed by atoms with Gasteiger partial charge >= 0.3 is 0 Å². The fourth-order valence-electron chi connectivity index (χ4n) is 3.00. The highest BCUT2D eigenvalue weighted by molar-refractivity contribution is 5.94. The van der Waals surface area contributed by atoms with Crippen LogP contribution in [-0.2, 0) is 4.74 Å². The maximum absolute atomic E-state index is 12.8. The summed E-state index contributed by atoms with van der Waals surface area (Å²) in [5, 5.41) is 4.01. The van der Waals surface area contributed by atoms with Crippen LogP contribution < -0.4 is 4.74 Å². The third-order valence-corrected chi connectivity index (χ3v) is 4.25. The molecule has 3 rings (SSSR count). The first-order chi connectivity index (χ1) is 12.2. The lowest BCUT2D eigenvalue weighted by Gasteiger charge is -2.31. The van der Waals surface area contributed by atoms with Gasteiger partial charge in [0.2, 0.25) is 5.89 Å². The second-order valence-corrected chi connectivity index (χ2v) is 6.13. The smallest absolute Gasteiger partial charge is 0.254 e. The molecule has 1 fully saturated rings. The topological polar surface area (TPSA) is 77.7 Å². The Labute approximate surface area is 146 Å². The molecule has 1 aromatic heterocycles. The van der Waals surface area contributed by atoms with E-state index < -0.39 is 0 Å². The Morgan fingerprint density at radius 1 is 1.40 bits per heavy atom. The van der Waals surface area contributed by atoms with Gasteiger partial charge in [-0.3, -0.25) is 4.79 Å². The zero-order valence-electron chi connectivity index (χ0n) is 14.6. The molecule has 0 saturated carbocycles. The second-order valence-electron chi connectivity index (χ2n) is 6.13. The van der Waals surface area contributed by atoms with Crippen LogP contribution in [0.15, 0.2) is 28.8 Å². The number of benzene rings is 1. The first-order valence-electron chi connectivity index (χ1n) is 8.48. The average Bonchev–Trinajstić information content (AvgIpc) is 3.08. The van der Waals surface area contributed by atoms with E-state index in [2.05, 4.69) is 10.1 Å². The van der Waals surface area contributed by atoms with Crippen molar-refractivity contribution in [3.05, 3.63) is 41.5 Å². The molecule has 0 spiro atoms. The summed E-state index contributed by atoms with van der Waals surface area (Å²) < 4.78 is 15.6. The summed E-state index contributed by atoms with van der Waals surface area (Å²) in [7, 11) is 1.63. The number of piperidine rings is 1. The van der Waals surface area contributed by atoms with Gasteiger partial charge in [-0.15, -0.1) is 0 Å². The molecule has 0 bridgehead atoms. The molecular formula is C18H23N3O4. The lowest BCUT2D eigenvalue weighted by Crippen LogP contribution is -2.39. The van der Waals surface area contributed by atoms with E-state index in [4.69, 9.17) is 14.0 Å². The maximum atomic E-state index is 12.8. The van der Waals surface area contributed by atoms with E-state index in [1.54, 1.807) is 20.1 Å². The second kappa shape index (κ2) is 8.11. The van der Waals surface area contributed by atoms with Crippen LogP contribution in [0.4, 0.5) is 0 Å². The predicted molar refractivity (Wildman–Crippen MR) is 90.7 cm³/mol. The van der Waals surface area contributed by atoms with Crippen molar-refractivity contribution in [2.45, 2.75) is 25.7 Å². The minimum atomic E-state index is 0.00195. The average molecular weight is 345 g/mol. The summed E-state index contributed by atoms with van der Waals surface area (Å²) in [4.78, 5) is 19.0. The number of carbonyl (C=O) groups excluding carboxylic acids is 1. The Balaban J connectivity index is 1.66. The van der Waals surface area contributed by atoms with Gasteiger partial charge in [0.15, 0.2) is 5.82 Å². The van der Waals surface area contributed by atoms with Crippen molar-refractivity contribution in [3.8, 4) is 5.75 Å². The largest absolute Gasteiger partial charge is 0.491 e. The highest BCUT2D eigenvalue weighted by atomic mass is 16.5. The number of aromatic nitrogens is 2. The fourth-order valence-corrected chi connectivity index (χ4v) is 3.00. The Hall–Kier alpha value is -2.41. The molecule has 1 aliphatic heterocycles. The van der Waals surface area contributed by atoms with E-state index >= 15 is 0 Å². The van der Waals surface area contributed by atoms with Crippen molar-refractivity contribution in [2.24, 2.45) is 0 Å². The molecule has 1 amide bonds. The number of amides is 1. The summed E-state index contributed by atoms with van der Waals surface area (Å²) in [5.41, 5.74) is 0.625. The van der Waals surface area contributed by atoms with Crippen molar-refractivity contribution >= 4 is 5.91 Å². The molecule has 2 heterocycles. The minimum absolute atomic E-state index is 0.00195. The molecule has 134 valence electrons. The Morgan fingerprint density at radius 3 is 3.04 bits per heavy atom. The third-order valence-electron chi connectivity index (χ3n) is 4.25. The summed E-state index contributed by atoms with van der Waals surface area (Å²) in [6.07, 6.45) is 1.89. The van der Waals surface area contributed by atoms with Gasteiger partial charge in [-0.1, -0.05) is 11.2 Å². The molecule has 0 aliphatic carbocycles. The van der Waals surface area contributed by atoms with Crippen molar-refractivity contribution in [3.63, 3.8) is 0 Å². The SMILES string of the molecule is COCCOc1cccc(C(=O)N2CCC[C@@H](c3noc(C)n3)C2)c1. The third kappa shape index (κ3) is 4.36. The molecular weight excluding hydrogens is 322 g/mol. The zero-order valence-corrected chi connectivity index (χ0v) is 14.6. The van der Waals surface area contributed by atoms with Crippen LogP contribution in [0.25, 0.3) is 0 Å². The number of hydrogen-bond acceptors (Lipinski definition) is 6. The maximum Gasteiger partial charge on any atom is 0.254 e. The Bertz CT molecular complexity index is 716. The van der Waals surface area contributed by atoms with Gasteiger partial charge in [0.05, 0.1) is 6.61 Å². The molecule has 1 saturated heterocycles. The van der Waals surface area contributed by atoms with Crippen LogP contribution in [0.1, 0.15) is 40.8 Å². The van der Waals surface area contributed by atoms with Gasteiger partial charge in [-0.2, -0.15) is 4.98 Å². The van der Waals surface area contributed by atoms with Gasteiger partial charge in [-0.05, 0) is 31.0 Å². The first kappa shape index (κ1) is 17.4. The quantitative estimate of drug-likeness (QED) is 0.748. The molecule has 0 radical (unpaired) electrons. The number of methoxy groups -OCH3 is 1. The number of rotatable bonds is 6. The normalized spacial score (nSPS) is 17.5. The number of likely N-dealkylation sites (tertiary alicyclic amines) is 1. The van der Waals surface area contributed by atoms with E-state index in [9.17, 15) is 4.79 Å². The predicted octanol–water partition coefficient (Wildman–Crippen LogP) is 2.42. The molecule has 1 atom stereocenters. The highest BCUT2D eigenvalue weighted by Gasteiger charge is 2.28. The van der Waals surface area contributed by atoms with Crippen molar-refractivity contribution in [1.29, 1.82) is 0 Å². The van der Waals surface area contributed by atoms with Crippen LogP contribution in [0.5, 0.6) is 5.75 Å². The van der Waals surface area contributed by atoms with E-state index in [-0.39, 0.29) is 11.8 Å². The van der Waals surface area contributed by atoms with Crippen LogP contribution in [0, 0.1) is 6.92 Å². The van der Waals surface area contributed by atoms with Crippen molar-refractivity contribution in [2.75, 3.05) is 33.4 Å². The van der Waals surface area contributed by atoms with Crippen LogP contribution in [0.3, 0.4) is 0 Å². The van der Waals surface area contributed by atoms with Crippen LogP contribution in [-0.4, -0.2) is 54.4 Å². The van der Waals surface area contributed by atoms with Crippen molar-refractivity contribution in [1.82, 2.24) is 15.0 Å². The molecule has 25 heavy (non-hydrogen) atoms. The van der Waals surface area contributed by atoms with E-state index in [0.29, 0.717) is 42.8 Å². The monoisotopic (exact) mass is 345 g/mol. The molecule has 2 aromatic rings. The molecule has 0 unspecified atom stereocenters. The van der Waals surface area contributed by atoms with Gasteiger partial charge in [-0.25, -0.2) is 0 Å². The summed E-state index contributed by atoms with van der Waals surface area (Å²) in [5.74, 6) is 2.04. The number of ether oxygens (including phenoxy) is 2. The Kier molecular flexibility index (Phi) is 5.65. The fraction of sp³-hybridized carbons (Fsp3) is 0.500. The minimum Gasteiger partial charge on any atom is -0.491 e. The summed E-state index contributed by atoms with van der Waals surface area (Å²) in [6, 6.07) is 7.26. The molecule has 1 aliphatic rings. The lowest BCUT2D eigenvalue weighted by atomic mass is 9.96. The molecule has 0 N–H and O–H groups in total. The number of carbonyl (C=O) groups is 1. The Morgan fingerprint density at radius 2 is 2.28 bits per heavy atom. The number of aryl methyl sites for hydroxylation is 1. The molecule has 7 heteroatoms. The number of hydrogen-bond donors (Lipinski definition) is 0. The van der Waals surface area contributed by atoms with Crippen LogP contribution in [0.2, 0.25) is 0 Å². The summed E-state index contributed by atoms with van der Waals surface area (Å²) in [6.45, 7) is 4.08. The van der Waals surface area contributed by atoms with Gasteiger partial charge in [0.1, 0.15) is 12.4 Å². The first-order valence-corrected chi connectivity index (χ1v) is 8.48. The van der Waals surface area contributed by atoms with Gasteiger partial charge in [0, 0.05) is 38.6 Å². The summed E-state index contributed by atoms with van der Waals surface area (Å²) >= 11 is 0.